The van der Waals surface area contributed by atoms with Crippen molar-refractivity contribution >= 4 is 10.9 Å². The van der Waals surface area contributed by atoms with E-state index < -0.39 is 0 Å². The largest absolute Gasteiger partial charge is 0.340 e. The maximum absolute atomic E-state index is 3.69. The molecule has 0 amide bonds. The van der Waals surface area contributed by atoms with E-state index in [1.165, 1.54) is 33.3 Å². The van der Waals surface area contributed by atoms with E-state index in [2.05, 4.69) is 94.8 Å². The lowest BCUT2D eigenvalue weighted by molar-refractivity contribution is 0.574. The molecule has 0 bridgehead atoms. The number of nitrogens with one attached hydrogen (secondary N) is 1. The van der Waals surface area contributed by atoms with Crippen molar-refractivity contribution in [2.24, 2.45) is 0 Å². The van der Waals surface area contributed by atoms with Gasteiger partial charge in [0.15, 0.2) is 0 Å². The first kappa shape index (κ1) is 17.3. The predicted octanol–water partition coefficient (Wildman–Crippen LogP) is 5.16. The summed E-state index contributed by atoms with van der Waals surface area (Å²) in [6, 6.07) is 30.7. The Morgan fingerprint density at radius 2 is 1.46 bits per heavy atom. The fourth-order valence-electron chi connectivity index (χ4n) is 4.71. The number of para-hydroxylation sites is 1. The molecule has 140 valence electrons. The standard InChI is InChI=1S/C26H26N2/c1-3-9-20(10-4-1)17-22-18-27-16-15-24-23-13-7-8-14-25(23)28(26(22)24)19-21-11-5-2-6-12-21/h1-14,22,27H,15-19H2. The Morgan fingerprint density at radius 1 is 0.786 bits per heavy atom. The highest BCUT2D eigenvalue weighted by Gasteiger charge is 2.26. The maximum atomic E-state index is 3.69. The predicted molar refractivity (Wildman–Crippen MR) is 117 cm³/mol. The molecule has 5 rings (SSSR count). The summed E-state index contributed by atoms with van der Waals surface area (Å²) in [5.74, 6) is 0.482. The van der Waals surface area contributed by atoms with Crippen LogP contribution in [0, 0.1) is 0 Å². The minimum Gasteiger partial charge on any atom is -0.340 e. The van der Waals surface area contributed by atoms with Crippen LogP contribution in [-0.2, 0) is 19.4 Å². The smallest absolute Gasteiger partial charge is 0.0488 e. The van der Waals surface area contributed by atoms with Crippen LogP contribution in [0.1, 0.15) is 28.3 Å². The highest BCUT2D eigenvalue weighted by Crippen LogP contribution is 2.35. The average Bonchev–Trinajstić information content (AvgIpc) is 2.90. The zero-order chi connectivity index (χ0) is 18.8. The summed E-state index contributed by atoms with van der Waals surface area (Å²) in [4.78, 5) is 0. The van der Waals surface area contributed by atoms with Gasteiger partial charge in [0.05, 0.1) is 0 Å². The van der Waals surface area contributed by atoms with Gasteiger partial charge in [0.25, 0.3) is 0 Å². The Morgan fingerprint density at radius 3 is 2.25 bits per heavy atom. The van der Waals surface area contributed by atoms with Crippen molar-refractivity contribution in [2.75, 3.05) is 13.1 Å². The van der Waals surface area contributed by atoms with Crippen molar-refractivity contribution in [1.82, 2.24) is 9.88 Å². The highest BCUT2D eigenvalue weighted by molar-refractivity contribution is 5.86. The third kappa shape index (κ3) is 3.25. The average molecular weight is 367 g/mol. The molecule has 28 heavy (non-hydrogen) atoms. The molecule has 3 aromatic carbocycles. The molecule has 1 atom stereocenters. The summed E-state index contributed by atoms with van der Waals surface area (Å²) in [6.45, 7) is 3.02. The molecule has 1 aromatic heterocycles. The van der Waals surface area contributed by atoms with Crippen LogP contribution < -0.4 is 5.32 Å². The van der Waals surface area contributed by atoms with Gasteiger partial charge in [-0.1, -0.05) is 78.9 Å². The normalized spacial score (nSPS) is 16.6. The number of rotatable bonds is 4. The Kier molecular flexibility index (Phi) is 4.72. The molecular formula is C26H26N2. The Bertz CT molecular complexity index is 1060. The molecule has 4 aromatic rings. The first-order chi connectivity index (χ1) is 13.9. The van der Waals surface area contributed by atoms with E-state index in [-0.39, 0.29) is 0 Å². The molecule has 0 fully saturated rings. The SMILES string of the molecule is c1ccc(CC2CNCCc3c2n(Cc2ccccc2)c2ccccc32)cc1. The highest BCUT2D eigenvalue weighted by atomic mass is 15.0. The fourth-order valence-corrected chi connectivity index (χ4v) is 4.71. The van der Waals surface area contributed by atoms with Gasteiger partial charge in [-0.05, 0) is 42.1 Å². The number of hydrogen-bond acceptors (Lipinski definition) is 1. The zero-order valence-electron chi connectivity index (χ0n) is 16.1. The molecule has 0 spiro atoms. The topological polar surface area (TPSA) is 17.0 Å². The summed E-state index contributed by atoms with van der Waals surface area (Å²) in [6.07, 6.45) is 2.18. The van der Waals surface area contributed by atoms with E-state index in [1.807, 2.05) is 0 Å². The number of hydrogen-bond donors (Lipinski definition) is 1. The second-order valence-corrected chi connectivity index (χ2v) is 7.79. The molecule has 2 nitrogen and oxygen atoms in total. The Balaban J connectivity index is 1.65. The third-order valence-corrected chi connectivity index (χ3v) is 5.96. The van der Waals surface area contributed by atoms with Crippen LogP contribution in [0.4, 0.5) is 0 Å². The number of nitrogens with zero attached hydrogens (tertiary/aromatic N) is 1. The van der Waals surface area contributed by atoms with Gasteiger partial charge in [-0.3, -0.25) is 0 Å². The molecule has 0 aliphatic carbocycles. The molecular weight excluding hydrogens is 340 g/mol. The van der Waals surface area contributed by atoms with Crippen molar-refractivity contribution in [3.05, 3.63) is 107 Å². The van der Waals surface area contributed by atoms with Crippen LogP contribution in [0.5, 0.6) is 0 Å². The van der Waals surface area contributed by atoms with E-state index in [4.69, 9.17) is 0 Å². The molecule has 1 N–H and O–H groups in total. The molecule has 1 unspecified atom stereocenters. The first-order valence-corrected chi connectivity index (χ1v) is 10.3. The lowest BCUT2D eigenvalue weighted by Gasteiger charge is -2.21. The van der Waals surface area contributed by atoms with E-state index in [9.17, 15) is 0 Å². The molecule has 1 aliphatic heterocycles. The summed E-state index contributed by atoms with van der Waals surface area (Å²) >= 11 is 0. The lowest BCUT2D eigenvalue weighted by atomic mass is 9.93. The van der Waals surface area contributed by atoms with Gasteiger partial charge in [-0.25, -0.2) is 0 Å². The number of fused-ring (bicyclic) bond motifs is 3. The van der Waals surface area contributed by atoms with E-state index >= 15 is 0 Å². The number of benzene rings is 3. The summed E-state index contributed by atoms with van der Waals surface area (Å²) in [7, 11) is 0. The monoisotopic (exact) mass is 366 g/mol. The van der Waals surface area contributed by atoms with E-state index in [1.54, 1.807) is 0 Å². The van der Waals surface area contributed by atoms with E-state index in [0.717, 1.165) is 32.5 Å². The second kappa shape index (κ2) is 7.65. The van der Waals surface area contributed by atoms with Gasteiger partial charge < -0.3 is 9.88 Å². The summed E-state index contributed by atoms with van der Waals surface area (Å²) in [5, 5.41) is 5.12. The van der Waals surface area contributed by atoms with Crippen LogP contribution >= 0.6 is 0 Å². The minimum absolute atomic E-state index is 0.482. The molecule has 0 saturated carbocycles. The van der Waals surface area contributed by atoms with Crippen molar-refractivity contribution < 1.29 is 0 Å². The van der Waals surface area contributed by atoms with Crippen LogP contribution in [0.25, 0.3) is 10.9 Å². The van der Waals surface area contributed by atoms with Crippen LogP contribution in [0.15, 0.2) is 84.9 Å². The molecule has 0 saturated heterocycles. The molecule has 1 aliphatic rings. The van der Waals surface area contributed by atoms with Crippen molar-refractivity contribution in [1.29, 1.82) is 0 Å². The fraction of sp³-hybridized carbons (Fsp3) is 0.231. The molecule has 0 radical (unpaired) electrons. The van der Waals surface area contributed by atoms with Gasteiger partial charge in [0.1, 0.15) is 0 Å². The Labute approximate surface area is 166 Å². The molecule has 2 heterocycles. The van der Waals surface area contributed by atoms with Crippen LogP contribution in [0.2, 0.25) is 0 Å². The van der Waals surface area contributed by atoms with Gasteiger partial charge in [0, 0.05) is 35.6 Å². The van der Waals surface area contributed by atoms with Crippen molar-refractivity contribution in [3.63, 3.8) is 0 Å². The second-order valence-electron chi connectivity index (χ2n) is 7.79. The summed E-state index contributed by atoms with van der Waals surface area (Å²) in [5.41, 5.74) is 7.22. The van der Waals surface area contributed by atoms with E-state index in [0.29, 0.717) is 5.92 Å². The van der Waals surface area contributed by atoms with Gasteiger partial charge in [0.2, 0.25) is 0 Å². The zero-order valence-corrected chi connectivity index (χ0v) is 16.1. The van der Waals surface area contributed by atoms with Crippen molar-refractivity contribution in [3.8, 4) is 0 Å². The van der Waals surface area contributed by atoms with Gasteiger partial charge in [-0.2, -0.15) is 0 Å². The van der Waals surface area contributed by atoms with Crippen LogP contribution in [-0.4, -0.2) is 17.7 Å². The first-order valence-electron chi connectivity index (χ1n) is 10.3. The Hall–Kier alpha value is -2.84. The third-order valence-electron chi connectivity index (χ3n) is 5.96. The van der Waals surface area contributed by atoms with Crippen LogP contribution in [0.3, 0.4) is 0 Å². The lowest BCUT2D eigenvalue weighted by Crippen LogP contribution is -2.23. The summed E-state index contributed by atoms with van der Waals surface area (Å²) < 4.78 is 2.58. The molecule has 2 heteroatoms. The quantitative estimate of drug-likeness (QED) is 0.528. The van der Waals surface area contributed by atoms with Gasteiger partial charge >= 0.3 is 0 Å². The van der Waals surface area contributed by atoms with Gasteiger partial charge in [-0.15, -0.1) is 0 Å². The number of aromatic nitrogens is 1. The maximum Gasteiger partial charge on any atom is 0.0488 e. The minimum atomic E-state index is 0.482. The van der Waals surface area contributed by atoms with Crippen molar-refractivity contribution in [2.45, 2.75) is 25.3 Å².